The van der Waals surface area contributed by atoms with Gasteiger partial charge in [-0.1, -0.05) is 11.6 Å². The van der Waals surface area contributed by atoms with Crippen molar-refractivity contribution in [3.63, 3.8) is 0 Å². The zero-order chi connectivity index (χ0) is 16.9. The first-order valence-corrected chi connectivity index (χ1v) is 7.85. The van der Waals surface area contributed by atoms with Gasteiger partial charge in [0.25, 0.3) is 5.56 Å². The summed E-state index contributed by atoms with van der Waals surface area (Å²) < 4.78 is 0. The molecule has 0 radical (unpaired) electrons. The second-order valence-electron chi connectivity index (χ2n) is 5.53. The Bertz CT molecular complexity index is 983. The molecule has 2 aromatic carbocycles. The molecule has 0 saturated carbocycles. The number of hydrogen-bond acceptors (Lipinski definition) is 4. The van der Waals surface area contributed by atoms with Crippen LogP contribution in [0.25, 0.3) is 22.3 Å². The molecule has 6 heteroatoms. The smallest absolute Gasteiger partial charge is 0.259 e. The second kappa shape index (κ2) is 5.58. The van der Waals surface area contributed by atoms with Crippen LogP contribution in [-0.2, 0) is 0 Å². The Kier molecular flexibility index (Phi) is 3.86. The van der Waals surface area contributed by atoms with E-state index in [1.165, 1.54) is 0 Å². The number of thiol groups is 1. The molecule has 0 aliphatic carbocycles. The van der Waals surface area contributed by atoms with Crippen LogP contribution in [0.2, 0.25) is 5.02 Å². The van der Waals surface area contributed by atoms with Gasteiger partial charge in [-0.15, -0.1) is 12.6 Å². The van der Waals surface area contributed by atoms with Crippen molar-refractivity contribution in [1.29, 1.82) is 0 Å². The number of aromatic amines is 1. The number of halogens is 1. The zero-order valence-corrected chi connectivity index (χ0v) is 14.5. The van der Waals surface area contributed by atoms with Gasteiger partial charge in [0, 0.05) is 10.5 Å². The Morgan fingerprint density at radius 1 is 1.17 bits per heavy atom. The molecule has 0 aliphatic heterocycles. The van der Waals surface area contributed by atoms with Gasteiger partial charge in [-0.05, 0) is 50.1 Å². The summed E-state index contributed by atoms with van der Waals surface area (Å²) in [5.74, 6) is 0.360. The minimum absolute atomic E-state index is 0.0337. The highest BCUT2D eigenvalue weighted by Gasteiger charge is 2.19. The highest BCUT2D eigenvalue weighted by Crippen LogP contribution is 2.40. The number of aromatic nitrogens is 2. The first kappa shape index (κ1) is 15.9. The lowest BCUT2D eigenvalue weighted by atomic mass is 9.97. The number of phenolic OH excluding ortho intramolecular Hbond substituents is 1. The number of nitrogens with one attached hydrogen (secondary N) is 1. The third-order valence-corrected chi connectivity index (χ3v) is 4.96. The number of phenols is 1. The maximum atomic E-state index is 12.3. The molecule has 0 saturated heterocycles. The highest BCUT2D eigenvalue weighted by molar-refractivity contribution is 7.80. The Labute approximate surface area is 143 Å². The summed E-state index contributed by atoms with van der Waals surface area (Å²) in [5.41, 5.74) is 2.98. The average Bonchev–Trinajstić information content (AvgIpc) is 2.52. The van der Waals surface area contributed by atoms with Crippen molar-refractivity contribution in [3.8, 4) is 17.1 Å². The highest BCUT2D eigenvalue weighted by atomic mass is 35.5. The van der Waals surface area contributed by atoms with Gasteiger partial charge in [0.2, 0.25) is 0 Å². The van der Waals surface area contributed by atoms with Gasteiger partial charge in [0.05, 0.1) is 21.5 Å². The van der Waals surface area contributed by atoms with Crippen LogP contribution in [0.15, 0.2) is 27.9 Å². The Morgan fingerprint density at radius 2 is 1.87 bits per heavy atom. The van der Waals surface area contributed by atoms with E-state index >= 15 is 0 Å². The number of rotatable bonds is 1. The van der Waals surface area contributed by atoms with Crippen molar-refractivity contribution in [2.45, 2.75) is 25.7 Å². The van der Waals surface area contributed by atoms with E-state index in [2.05, 4.69) is 22.6 Å². The molecule has 0 amide bonds. The Balaban J connectivity index is 2.39. The van der Waals surface area contributed by atoms with E-state index < -0.39 is 0 Å². The van der Waals surface area contributed by atoms with Crippen LogP contribution in [0, 0.1) is 20.8 Å². The third kappa shape index (κ3) is 2.50. The maximum Gasteiger partial charge on any atom is 0.259 e. The fourth-order valence-corrected chi connectivity index (χ4v) is 3.07. The quantitative estimate of drug-likeness (QED) is 0.579. The molecule has 1 aromatic heterocycles. The van der Waals surface area contributed by atoms with Gasteiger partial charge < -0.3 is 10.1 Å². The van der Waals surface area contributed by atoms with Gasteiger partial charge in [-0.25, -0.2) is 4.98 Å². The number of aromatic hydroxyl groups is 1. The lowest BCUT2D eigenvalue weighted by Crippen LogP contribution is -2.10. The lowest BCUT2D eigenvalue weighted by Gasteiger charge is -2.15. The van der Waals surface area contributed by atoms with Crippen LogP contribution < -0.4 is 5.56 Å². The van der Waals surface area contributed by atoms with Gasteiger partial charge in [-0.3, -0.25) is 4.79 Å². The standard InChI is InChI=1S/C17H15ClN2O2S/c1-7-8(2)14(18)9(3)15(21)13(7)16-19-12-5-4-10(23)6-11(12)17(22)20-16/h4-6,21,23H,1-3H3,(H,19,20,22). The predicted octanol–water partition coefficient (Wildman–Crippen LogP) is 4.16. The minimum Gasteiger partial charge on any atom is -0.507 e. The molecule has 0 aliphatic rings. The summed E-state index contributed by atoms with van der Waals surface area (Å²) in [6.45, 7) is 5.45. The van der Waals surface area contributed by atoms with E-state index in [0.29, 0.717) is 37.8 Å². The third-order valence-electron chi connectivity index (χ3n) is 4.11. The van der Waals surface area contributed by atoms with Crippen LogP contribution in [0.4, 0.5) is 0 Å². The minimum atomic E-state index is -0.273. The second-order valence-corrected chi connectivity index (χ2v) is 6.42. The first-order valence-electron chi connectivity index (χ1n) is 7.03. The lowest BCUT2D eigenvalue weighted by molar-refractivity contribution is 0.472. The maximum absolute atomic E-state index is 12.3. The van der Waals surface area contributed by atoms with E-state index in [9.17, 15) is 9.90 Å². The molecule has 4 nitrogen and oxygen atoms in total. The molecule has 23 heavy (non-hydrogen) atoms. The summed E-state index contributed by atoms with van der Waals surface area (Å²) in [5, 5.41) is 11.5. The van der Waals surface area contributed by atoms with Crippen LogP contribution in [0.5, 0.6) is 5.75 Å². The number of nitrogens with zero attached hydrogens (tertiary/aromatic N) is 1. The molecule has 1 heterocycles. The largest absolute Gasteiger partial charge is 0.507 e. The van der Waals surface area contributed by atoms with Crippen LogP contribution in [0.3, 0.4) is 0 Å². The van der Waals surface area contributed by atoms with E-state index in [1.807, 2.05) is 13.8 Å². The molecule has 0 bridgehead atoms. The van der Waals surface area contributed by atoms with Crippen molar-refractivity contribution >= 4 is 35.1 Å². The molecule has 0 atom stereocenters. The zero-order valence-electron chi connectivity index (χ0n) is 12.9. The van der Waals surface area contributed by atoms with Gasteiger partial charge in [-0.2, -0.15) is 0 Å². The number of H-pyrrole nitrogens is 1. The van der Waals surface area contributed by atoms with Crippen LogP contribution >= 0.6 is 24.2 Å². The predicted molar refractivity (Wildman–Crippen MR) is 95.9 cm³/mol. The first-order chi connectivity index (χ1) is 10.8. The number of hydrogen-bond donors (Lipinski definition) is 3. The summed E-state index contributed by atoms with van der Waals surface area (Å²) >= 11 is 10.5. The molecular weight excluding hydrogens is 332 g/mol. The monoisotopic (exact) mass is 346 g/mol. The molecule has 0 unspecified atom stereocenters. The molecular formula is C17H15ClN2O2S. The van der Waals surface area contributed by atoms with E-state index in [-0.39, 0.29) is 11.3 Å². The molecule has 0 fully saturated rings. The normalized spacial score (nSPS) is 11.2. The molecule has 118 valence electrons. The Hall–Kier alpha value is -1.98. The molecule has 0 spiro atoms. The summed E-state index contributed by atoms with van der Waals surface area (Å²) in [6.07, 6.45) is 0. The van der Waals surface area contributed by atoms with Gasteiger partial charge >= 0.3 is 0 Å². The van der Waals surface area contributed by atoms with Gasteiger partial charge in [0.1, 0.15) is 11.6 Å². The molecule has 3 aromatic rings. The summed E-state index contributed by atoms with van der Waals surface area (Å²) in [6, 6.07) is 5.17. The number of fused-ring (bicyclic) bond motifs is 1. The van der Waals surface area contributed by atoms with Crippen LogP contribution in [0.1, 0.15) is 16.7 Å². The SMILES string of the molecule is Cc1c(C)c(-c2nc3ccc(S)cc3c(=O)[nH]2)c(O)c(C)c1Cl. The number of benzene rings is 2. The summed E-state index contributed by atoms with van der Waals surface area (Å²) in [7, 11) is 0. The van der Waals surface area contributed by atoms with E-state index in [4.69, 9.17) is 11.6 Å². The van der Waals surface area contributed by atoms with E-state index in [0.717, 1.165) is 11.1 Å². The van der Waals surface area contributed by atoms with E-state index in [1.54, 1.807) is 25.1 Å². The van der Waals surface area contributed by atoms with Crippen LogP contribution in [-0.4, -0.2) is 15.1 Å². The molecule has 2 N–H and O–H groups in total. The topological polar surface area (TPSA) is 66.0 Å². The van der Waals surface area contributed by atoms with Crippen molar-refractivity contribution in [2.24, 2.45) is 0 Å². The average molecular weight is 347 g/mol. The van der Waals surface area contributed by atoms with Crippen molar-refractivity contribution < 1.29 is 5.11 Å². The van der Waals surface area contributed by atoms with Crippen molar-refractivity contribution in [2.75, 3.05) is 0 Å². The molecule has 3 rings (SSSR count). The fourth-order valence-electron chi connectivity index (χ4n) is 2.64. The van der Waals surface area contributed by atoms with Gasteiger partial charge in [0.15, 0.2) is 0 Å². The fraction of sp³-hybridized carbons (Fsp3) is 0.176. The summed E-state index contributed by atoms with van der Waals surface area (Å²) in [4.78, 5) is 20.3. The van der Waals surface area contributed by atoms with Crippen molar-refractivity contribution in [3.05, 3.63) is 50.3 Å². The Morgan fingerprint density at radius 3 is 2.57 bits per heavy atom. The van der Waals surface area contributed by atoms with Crippen molar-refractivity contribution in [1.82, 2.24) is 9.97 Å².